The average molecular weight is 378 g/mol. The third-order valence-electron chi connectivity index (χ3n) is 2.88. The maximum atomic E-state index is 11.8. The van der Waals surface area contributed by atoms with Gasteiger partial charge in [-0.25, -0.2) is 5.43 Å². The Balaban J connectivity index is 1.61. The molecule has 0 aliphatic rings. The minimum atomic E-state index is -0.221. The summed E-state index contributed by atoms with van der Waals surface area (Å²) in [6, 6.07) is 12.4. The molecule has 2 N–H and O–H groups in total. The molecule has 2 rings (SSSR count). The fraction of sp³-hybridized carbons (Fsp3) is 0.188. The molecule has 0 aliphatic carbocycles. The van der Waals surface area contributed by atoms with Gasteiger partial charge in [-0.1, -0.05) is 18.2 Å². The lowest BCUT2D eigenvalue weighted by atomic mass is 10.2. The van der Waals surface area contributed by atoms with Crippen molar-refractivity contribution in [3.8, 4) is 0 Å². The fourth-order valence-electron chi connectivity index (χ4n) is 1.76. The predicted octanol–water partition coefficient (Wildman–Crippen LogP) is 2.70. The Morgan fingerprint density at radius 1 is 1.17 bits per heavy atom. The molecule has 7 heteroatoms. The van der Waals surface area contributed by atoms with Crippen LogP contribution in [0.3, 0.4) is 0 Å². The van der Waals surface area contributed by atoms with Gasteiger partial charge in [0.15, 0.2) is 4.67 Å². The number of hydrazone groups is 1. The summed E-state index contributed by atoms with van der Waals surface area (Å²) >= 11 is 3.17. The van der Waals surface area contributed by atoms with Crippen molar-refractivity contribution in [3.05, 3.63) is 58.5 Å². The number of carbonyl (C=O) groups is 2. The lowest BCUT2D eigenvalue weighted by molar-refractivity contribution is -0.121. The third kappa shape index (κ3) is 6.07. The minimum absolute atomic E-state index is 0.146. The molecule has 6 nitrogen and oxygen atoms in total. The van der Waals surface area contributed by atoms with Crippen molar-refractivity contribution in [1.29, 1.82) is 0 Å². The standard InChI is InChI=1S/C16H16BrN3O3/c17-14-9-8-13(23-14)11-19-20-15(21)7-4-10-18-16(22)12-5-2-1-3-6-12/h1-3,5-6,8-9,11H,4,7,10H2,(H,18,22)(H,20,21). The quantitative estimate of drug-likeness (QED) is 0.442. The Labute approximate surface area is 142 Å². The Hall–Kier alpha value is -2.41. The highest BCUT2D eigenvalue weighted by atomic mass is 79.9. The minimum Gasteiger partial charge on any atom is -0.448 e. The van der Waals surface area contributed by atoms with E-state index in [0.29, 0.717) is 29.0 Å². The second-order valence-electron chi connectivity index (χ2n) is 4.66. The van der Waals surface area contributed by atoms with Gasteiger partial charge in [0.2, 0.25) is 5.91 Å². The first-order chi connectivity index (χ1) is 11.1. The van der Waals surface area contributed by atoms with Crippen LogP contribution in [0.15, 0.2) is 56.7 Å². The Morgan fingerprint density at radius 3 is 2.65 bits per heavy atom. The van der Waals surface area contributed by atoms with E-state index in [0.717, 1.165) is 0 Å². The zero-order valence-electron chi connectivity index (χ0n) is 12.3. The summed E-state index contributed by atoms with van der Waals surface area (Å²) < 4.78 is 5.80. The molecule has 1 aromatic carbocycles. The number of rotatable bonds is 7. The molecule has 120 valence electrons. The number of nitrogens with one attached hydrogen (secondary N) is 2. The Morgan fingerprint density at radius 2 is 1.96 bits per heavy atom. The molecule has 0 fully saturated rings. The van der Waals surface area contributed by atoms with Crippen molar-refractivity contribution in [1.82, 2.24) is 10.7 Å². The second kappa shape index (κ2) is 8.89. The van der Waals surface area contributed by atoms with E-state index in [1.807, 2.05) is 6.07 Å². The van der Waals surface area contributed by atoms with Gasteiger partial charge in [0, 0.05) is 18.5 Å². The topological polar surface area (TPSA) is 83.7 Å². The normalized spacial score (nSPS) is 10.7. The molecular formula is C16H16BrN3O3. The van der Waals surface area contributed by atoms with Gasteiger partial charge in [-0.15, -0.1) is 0 Å². The van der Waals surface area contributed by atoms with Gasteiger partial charge in [-0.2, -0.15) is 5.10 Å². The van der Waals surface area contributed by atoms with E-state index in [1.54, 1.807) is 36.4 Å². The largest absolute Gasteiger partial charge is 0.448 e. The van der Waals surface area contributed by atoms with Crippen LogP contribution in [0.1, 0.15) is 29.0 Å². The van der Waals surface area contributed by atoms with E-state index in [9.17, 15) is 9.59 Å². The smallest absolute Gasteiger partial charge is 0.251 e. The van der Waals surface area contributed by atoms with Gasteiger partial charge in [0.05, 0.1) is 6.21 Å². The number of furan rings is 1. The number of benzene rings is 1. The summed E-state index contributed by atoms with van der Waals surface area (Å²) in [5.74, 6) is 0.167. The Kier molecular flexibility index (Phi) is 6.56. The molecular weight excluding hydrogens is 362 g/mol. The SMILES string of the molecule is O=C(CCCNC(=O)c1ccccc1)NN=Cc1ccc(Br)o1. The fourth-order valence-corrected chi connectivity index (χ4v) is 2.08. The molecule has 1 aromatic heterocycles. The van der Waals surface area contributed by atoms with E-state index >= 15 is 0 Å². The lowest BCUT2D eigenvalue weighted by Gasteiger charge is -2.04. The molecule has 0 radical (unpaired) electrons. The number of nitrogens with zero attached hydrogens (tertiary/aromatic N) is 1. The maximum absolute atomic E-state index is 11.8. The predicted molar refractivity (Wildman–Crippen MR) is 90.2 cm³/mol. The number of carbonyl (C=O) groups excluding carboxylic acids is 2. The van der Waals surface area contributed by atoms with Gasteiger partial charge in [-0.05, 0) is 46.6 Å². The van der Waals surface area contributed by atoms with Crippen LogP contribution in [-0.2, 0) is 4.79 Å². The molecule has 1 heterocycles. The first kappa shape index (κ1) is 17.0. The van der Waals surface area contributed by atoms with E-state index in [-0.39, 0.29) is 18.2 Å². The van der Waals surface area contributed by atoms with Crippen molar-refractivity contribution in [2.75, 3.05) is 6.54 Å². The molecule has 0 bridgehead atoms. The van der Waals surface area contributed by atoms with Crippen LogP contribution in [0.4, 0.5) is 0 Å². The first-order valence-electron chi connectivity index (χ1n) is 7.05. The van der Waals surface area contributed by atoms with Crippen LogP contribution in [0, 0.1) is 0 Å². The highest BCUT2D eigenvalue weighted by molar-refractivity contribution is 9.10. The van der Waals surface area contributed by atoms with E-state index in [1.165, 1.54) is 6.21 Å². The van der Waals surface area contributed by atoms with Gasteiger partial charge in [0.1, 0.15) is 5.76 Å². The number of hydrogen-bond donors (Lipinski definition) is 2. The Bertz CT molecular complexity index is 683. The molecule has 0 unspecified atom stereocenters. The van der Waals surface area contributed by atoms with Crippen molar-refractivity contribution in [2.45, 2.75) is 12.8 Å². The summed E-state index contributed by atoms with van der Waals surface area (Å²) in [6.07, 6.45) is 2.22. The van der Waals surface area contributed by atoms with Gasteiger partial charge >= 0.3 is 0 Å². The van der Waals surface area contributed by atoms with Gasteiger partial charge in [-0.3, -0.25) is 9.59 Å². The van der Waals surface area contributed by atoms with Crippen LogP contribution in [0.5, 0.6) is 0 Å². The summed E-state index contributed by atoms with van der Waals surface area (Å²) in [5.41, 5.74) is 3.01. The molecule has 0 atom stereocenters. The zero-order valence-corrected chi connectivity index (χ0v) is 13.9. The number of hydrogen-bond acceptors (Lipinski definition) is 4. The van der Waals surface area contributed by atoms with Crippen LogP contribution in [0.25, 0.3) is 0 Å². The van der Waals surface area contributed by atoms with Gasteiger partial charge in [0.25, 0.3) is 5.91 Å². The average Bonchev–Trinajstić information content (AvgIpc) is 2.97. The molecule has 23 heavy (non-hydrogen) atoms. The van der Waals surface area contributed by atoms with Gasteiger partial charge < -0.3 is 9.73 Å². The maximum Gasteiger partial charge on any atom is 0.251 e. The van der Waals surface area contributed by atoms with E-state index in [2.05, 4.69) is 31.8 Å². The van der Waals surface area contributed by atoms with E-state index in [4.69, 9.17) is 4.42 Å². The summed E-state index contributed by atoms with van der Waals surface area (Å²) in [6.45, 7) is 0.427. The number of amides is 2. The molecule has 0 saturated carbocycles. The third-order valence-corrected chi connectivity index (χ3v) is 3.30. The van der Waals surface area contributed by atoms with Crippen LogP contribution < -0.4 is 10.7 Å². The van der Waals surface area contributed by atoms with Crippen molar-refractivity contribution in [3.63, 3.8) is 0 Å². The summed E-state index contributed by atoms with van der Waals surface area (Å²) in [5, 5.41) is 6.55. The van der Waals surface area contributed by atoms with E-state index < -0.39 is 0 Å². The van der Waals surface area contributed by atoms with Crippen molar-refractivity contribution < 1.29 is 14.0 Å². The van der Waals surface area contributed by atoms with Crippen LogP contribution >= 0.6 is 15.9 Å². The summed E-state index contributed by atoms with van der Waals surface area (Å²) in [4.78, 5) is 23.3. The lowest BCUT2D eigenvalue weighted by Crippen LogP contribution is -2.26. The highest BCUT2D eigenvalue weighted by Crippen LogP contribution is 2.11. The first-order valence-corrected chi connectivity index (χ1v) is 7.85. The van der Waals surface area contributed by atoms with Crippen LogP contribution in [0.2, 0.25) is 0 Å². The monoisotopic (exact) mass is 377 g/mol. The zero-order chi connectivity index (χ0) is 16.5. The molecule has 2 aromatic rings. The second-order valence-corrected chi connectivity index (χ2v) is 5.44. The van der Waals surface area contributed by atoms with Crippen LogP contribution in [-0.4, -0.2) is 24.6 Å². The molecule has 0 spiro atoms. The molecule has 0 aliphatic heterocycles. The van der Waals surface area contributed by atoms with Crippen molar-refractivity contribution in [2.24, 2.45) is 5.10 Å². The number of halogens is 1. The summed E-state index contributed by atoms with van der Waals surface area (Å²) in [7, 11) is 0. The molecule has 2 amide bonds. The van der Waals surface area contributed by atoms with Crippen molar-refractivity contribution >= 4 is 34.0 Å². The molecule has 0 saturated heterocycles. The highest BCUT2D eigenvalue weighted by Gasteiger charge is 2.04.